The first-order chi connectivity index (χ1) is 8.77. The van der Waals surface area contributed by atoms with Gasteiger partial charge in [0.2, 0.25) is 0 Å². The third-order valence-electron chi connectivity index (χ3n) is 3.28. The van der Waals surface area contributed by atoms with Crippen molar-refractivity contribution in [2.45, 2.75) is 18.8 Å². The molecule has 1 aliphatic rings. The Hall–Kier alpha value is -2.24. The average Bonchev–Trinajstić information content (AvgIpc) is 2.82. The van der Waals surface area contributed by atoms with E-state index in [1.165, 1.54) is 0 Å². The van der Waals surface area contributed by atoms with E-state index in [1.807, 2.05) is 12.2 Å². The van der Waals surface area contributed by atoms with Crippen LogP contribution in [-0.2, 0) is 4.79 Å². The lowest BCUT2D eigenvalue weighted by Crippen LogP contribution is -2.25. The fraction of sp³-hybridized carbons (Fsp3) is 0.333. The van der Waals surface area contributed by atoms with E-state index in [0.29, 0.717) is 24.3 Å². The Morgan fingerprint density at radius 1 is 1.33 bits per heavy atom. The maximum absolute atomic E-state index is 11.3. The number of aliphatic carboxylic acids is 1. The van der Waals surface area contributed by atoms with Crippen LogP contribution in [0.3, 0.4) is 0 Å². The molecule has 3 rings (SSSR count). The van der Waals surface area contributed by atoms with Crippen molar-refractivity contribution < 1.29 is 9.90 Å². The van der Waals surface area contributed by atoms with E-state index in [1.54, 1.807) is 22.8 Å². The third-order valence-corrected chi connectivity index (χ3v) is 3.28. The lowest BCUT2D eigenvalue weighted by molar-refractivity contribution is -0.142. The van der Waals surface area contributed by atoms with E-state index in [4.69, 9.17) is 0 Å². The quantitative estimate of drug-likeness (QED) is 0.804. The van der Waals surface area contributed by atoms with Gasteiger partial charge in [-0.2, -0.15) is 9.61 Å². The van der Waals surface area contributed by atoms with Gasteiger partial charge in [-0.1, -0.05) is 12.2 Å². The number of allylic oxidation sites excluding steroid dienone is 2. The summed E-state index contributed by atoms with van der Waals surface area (Å²) in [4.78, 5) is 11.3. The van der Waals surface area contributed by atoms with E-state index in [-0.39, 0.29) is 5.92 Å². The smallest absolute Gasteiger partial charge is 0.307 e. The second-order valence-electron chi connectivity index (χ2n) is 4.35. The number of aromatic nitrogens is 4. The minimum Gasteiger partial charge on any atom is -0.481 e. The van der Waals surface area contributed by atoms with Crippen molar-refractivity contribution in [1.82, 2.24) is 19.8 Å². The van der Waals surface area contributed by atoms with Crippen LogP contribution in [-0.4, -0.2) is 30.9 Å². The lowest BCUT2D eigenvalue weighted by Gasteiger charge is -2.23. The fourth-order valence-electron chi connectivity index (χ4n) is 2.36. The molecular weight excluding hydrogens is 232 g/mol. The molecule has 0 saturated heterocycles. The van der Waals surface area contributed by atoms with Gasteiger partial charge in [0, 0.05) is 12.1 Å². The second kappa shape index (κ2) is 4.21. The van der Waals surface area contributed by atoms with Crippen LogP contribution >= 0.6 is 0 Å². The summed E-state index contributed by atoms with van der Waals surface area (Å²) >= 11 is 0. The van der Waals surface area contributed by atoms with Crippen LogP contribution in [0, 0.1) is 5.92 Å². The Bertz CT molecular complexity index is 619. The minimum atomic E-state index is -0.794. The van der Waals surface area contributed by atoms with Crippen LogP contribution < -0.4 is 0 Å². The van der Waals surface area contributed by atoms with Crippen LogP contribution in [0.5, 0.6) is 0 Å². The number of carbonyl (C=O) groups is 1. The lowest BCUT2D eigenvalue weighted by atomic mass is 9.82. The molecule has 1 N–H and O–H groups in total. The second-order valence-corrected chi connectivity index (χ2v) is 4.35. The Balaban J connectivity index is 2.07. The molecule has 0 saturated carbocycles. The van der Waals surface area contributed by atoms with Crippen LogP contribution in [0.2, 0.25) is 0 Å². The molecule has 0 amide bonds. The molecule has 2 atom stereocenters. The standard InChI is InChI=1S/C12H12N4O2/c17-12(18)9-5-2-1-4-8(9)11-15-14-10-6-3-7-13-16(10)11/h1-3,6-9H,4-5H2,(H,17,18)/t8-,9+/m1/s1. The molecule has 92 valence electrons. The molecule has 2 heterocycles. The van der Waals surface area contributed by atoms with E-state index >= 15 is 0 Å². The summed E-state index contributed by atoms with van der Waals surface area (Å²) in [6, 6.07) is 3.58. The van der Waals surface area contributed by atoms with Crippen molar-refractivity contribution in [2.75, 3.05) is 0 Å². The molecule has 0 aliphatic heterocycles. The average molecular weight is 244 g/mol. The van der Waals surface area contributed by atoms with Gasteiger partial charge in [0.05, 0.1) is 5.92 Å². The van der Waals surface area contributed by atoms with Gasteiger partial charge in [0.25, 0.3) is 0 Å². The van der Waals surface area contributed by atoms with Crippen LogP contribution in [0.15, 0.2) is 30.5 Å². The highest BCUT2D eigenvalue weighted by molar-refractivity contribution is 5.71. The predicted molar refractivity (Wildman–Crippen MR) is 63.0 cm³/mol. The summed E-state index contributed by atoms with van der Waals surface area (Å²) in [5.41, 5.74) is 0.645. The first kappa shape index (κ1) is 10.9. The molecule has 0 fully saturated rings. The molecule has 6 nitrogen and oxygen atoms in total. The Kier molecular flexibility index (Phi) is 2.55. The van der Waals surface area contributed by atoms with Crippen molar-refractivity contribution in [3.63, 3.8) is 0 Å². The van der Waals surface area contributed by atoms with E-state index < -0.39 is 11.9 Å². The number of fused-ring (bicyclic) bond motifs is 1. The maximum atomic E-state index is 11.3. The first-order valence-corrected chi connectivity index (χ1v) is 5.81. The zero-order valence-corrected chi connectivity index (χ0v) is 9.60. The SMILES string of the molecule is O=C(O)[C@H]1CC=CC[C@H]1c1nnc2cccnn12. The molecule has 0 spiro atoms. The molecule has 1 aliphatic carbocycles. The first-order valence-electron chi connectivity index (χ1n) is 5.81. The molecule has 2 aromatic rings. The summed E-state index contributed by atoms with van der Waals surface area (Å²) in [5.74, 6) is -0.791. The van der Waals surface area contributed by atoms with Gasteiger partial charge in [0.1, 0.15) is 0 Å². The van der Waals surface area contributed by atoms with Gasteiger partial charge in [-0.15, -0.1) is 10.2 Å². The van der Waals surface area contributed by atoms with E-state index in [0.717, 1.165) is 0 Å². The molecule has 2 aromatic heterocycles. The zero-order valence-electron chi connectivity index (χ0n) is 9.60. The summed E-state index contributed by atoms with van der Waals surface area (Å²) < 4.78 is 1.62. The van der Waals surface area contributed by atoms with E-state index in [2.05, 4.69) is 15.3 Å². The number of carboxylic acid groups (broad SMARTS) is 1. The van der Waals surface area contributed by atoms with Gasteiger partial charge in [-0.05, 0) is 25.0 Å². The molecule has 0 aromatic carbocycles. The summed E-state index contributed by atoms with van der Waals surface area (Å²) in [6.07, 6.45) is 6.74. The van der Waals surface area contributed by atoms with Gasteiger partial charge in [-0.3, -0.25) is 4.79 Å². The van der Waals surface area contributed by atoms with Crippen LogP contribution in [0.1, 0.15) is 24.6 Å². The molecule has 0 radical (unpaired) electrons. The van der Waals surface area contributed by atoms with Gasteiger partial charge in [-0.25, -0.2) is 0 Å². The number of carboxylic acids is 1. The Morgan fingerprint density at radius 3 is 3.00 bits per heavy atom. The minimum absolute atomic E-state index is 0.169. The normalized spacial score (nSPS) is 23.3. The fourth-order valence-corrected chi connectivity index (χ4v) is 2.36. The zero-order chi connectivity index (χ0) is 12.5. The maximum Gasteiger partial charge on any atom is 0.307 e. The molecule has 6 heteroatoms. The van der Waals surface area contributed by atoms with E-state index in [9.17, 15) is 9.90 Å². The number of hydrogen-bond acceptors (Lipinski definition) is 4. The molecule has 18 heavy (non-hydrogen) atoms. The van der Waals surface area contributed by atoms with Crippen molar-refractivity contribution in [3.8, 4) is 0 Å². The van der Waals surface area contributed by atoms with Gasteiger partial charge >= 0.3 is 5.97 Å². The van der Waals surface area contributed by atoms with Crippen LogP contribution in [0.4, 0.5) is 0 Å². The predicted octanol–water partition coefficient (Wildman–Crippen LogP) is 1.26. The largest absolute Gasteiger partial charge is 0.481 e. The van der Waals surface area contributed by atoms with Gasteiger partial charge < -0.3 is 5.11 Å². The van der Waals surface area contributed by atoms with Crippen LogP contribution in [0.25, 0.3) is 5.65 Å². The monoisotopic (exact) mass is 244 g/mol. The summed E-state index contributed by atoms with van der Waals surface area (Å²) in [7, 11) is 0. The Morgan fingerprint density at radius 2 is 2.17 bits per heavy atom. The highest BCUT2D eigenvalue weighted by atomic mass is 16.4. The molecule has 0 unspecified atom stereocenters. The number of rotatable bonds is 2. The van der Waals surface area contributed by atoms with Gasteiger partial charge in [0.15, 0.2) is 11.5 Å². The summed E-state index contributed by atoms with van der Waals surface area (Å²) in [5, 5.41) is 21.6. The molecule has 0 bridgehead atoms. The topological polar surface area (TPSA) is 80.4 Å². The van der Waals surface area contributed by atoms with Crippen molar-refractivity contribution >= 4 is 11.6 Å². The summed E-state index contributed by atoms with van der Waals surface area (Å²) in [6.45, 7) is 0. The highest BCUT2D eigenvalue weighted by Crippen LogP contribution is 2.33. The molecular formula is C12H12N4O2. The number of hydrogen-bond donors (Lipinski definition) is 1. The number of nitrogens with zero attached hydrogens (tertiary/aromatic N) is 4. The third kappa shape index (κ3) is 1.66. The van der Waals surface area contributed by atoms with Crippen molar-refractivity contribution in [2.24, 2.45) is 5.92 Å². The Labute approximate surface area is 103 Å². The van der Waals surface area contributed by atoms with Crippen molar-refractivity contribution in [1.29, 1.82) is 0 Å². The van der Waals surface area contributed by atoms with Crippen molar-refractivity contribution in [3.05, 3.63) is 36.3 Å². The highest BCUT2D eigenvalue weighted by Gasteiger charge is 2.33.